The molecule has 3 nitrogen and oxygen atoms in total. The second-order valence-corrected chi connectivity index (χ2v) is 3.73. The SMILES string of the molecule is CCC(O)COc1ccc(C(C)O)c(F)c1. The van der Waals surface area contributed by atoms with Gasteiger partial charge in [0.05, 0.1) is 12.2 Å². The summed E-state index contributed by atoms with van der Waals surface area (Å²) >= 11 is 0. The number of rotatable bonds is 5. The number of ether oxygens (including phenoxy) is 1. The summed E-state index contributed by atoms with van der Waals surface area (Å²) in [7, 11) is 0. The predicted molar refractivity (Wildman–Crippen MR) is 58.8 cm³/mol. The normalized spacial score (nSPS) is 14.6. The number of benzene rings is 1. The first-order valence-corrected chi connectivity index (χ1v) is 5.33. The summed E-state index contributed by atoms with van der Waals surface area (Å²) in [5, 5.41) is 18.5. The van der Waals surface area contributed by atoms with Gasteiger partial charge in [-0.3, -0.25) is 0 Å². The van der Waals surface area contributed by atoms with Crippen LogP contribution in [-0.2, 0) is 0 Å². The largest absolute Gasteiger partial charge is 0.491 e. The smallest absolute Gasteiger partial charge is 0.132 e. The van der Waals surface area contributed by atoms with Gasteiger partial charge in [-0.2, -0.15) is 0 Å². The lowest BCUT2D eigenvalue weighted by Gasteiger charge is -2.12. The van der Waals surface area contributed by atoms with E-state index >= 15 is 0 Å². The molecule has 0 saturated carbocycles. The predicted octanol–water partition coefficient (Wildman–Crippen LogP) is 2.03. The maximum absolute atomic E-state index is 13.4. The maximum Gasteiger partial charge on any atom is 0.132 e. The fraction of sp³-hybridized carbons (Fsp3) is 0.500. The van der Waals surface area contributed by atoms with E-state index < -0.39 is 18.0 Å². The van der Waals surface area contributed by atoms with E-state index in [4.69, 9.17) is 4.74 Å². The zero-order valence-corrected chi connectivity index (χ0v) is 9.48. The summed E-state index contributed by atoms with van der Waals surface area (Å²) < 4.78 is 18.6. The molecule has 0 heterocycles. The molecule has 2 unspecified atom stereocenters. The highest BCUT2D eigenvalue weighted by molar-refractivity contribution is 5.30. The molecule has 1 rings (SSSR count). The minimum Gasteiger partial charge on any atom is -0.491 e. The molecule has 16 heavy (non-hydrogen) atoms. The summed E-state index contributed by atoms with van der Waals surface area (Å²) in [4.78, 5) is 0. The zero-order chi connectivity index (χ0) is 12.1. The van der Waals surface area contributed by atoms with E-state index in [0.717, 1.165) is 0 Å². The molecule has 0 aliphatic heterocycles. The second kappa shape index (κ2) is 5.82. The van der Waals surface area contributed by atoms with Gasteiger partial charge in [0, 0.05) is 11.6 Å². The lowest BCUT2D eigenvalue weighted by atomic mass is 10.1. The average molecular weight is 228 g/mol. The van der Waals surface area contributed by atoms with E-state index in [1.807, 2.05) is 6.92 Å². The monoisotopic (exact) mass is 228 g/mol. The maximum atomic E-state index is 13.4. The Morgan fingerprint density at radius 3 is 2.56 bits per heavy atom. The Morgan fingerprint density at radius 2 is 2.06 bits per heavy atom. The Balaban J connectivity index is 2.66. The van der Waals surface area contributed by atoms with Gasteiger partial charge in [-0.25, -0.2) is 4.39 Å². The van der Waals surface area contributed by atoms with Crippen molar-refractivity contribution in [3.8, 4) is 5.75 Å². The highest BCUT2D eigenvalue weighted by Crippen LogP contribution is 2.21. The van der Waals surface area contributed by atoms with Gasteiger partial charge in [0.25, 0.3) is 0 Å². The van der Waals surface area contributed by atoms with Crippen LogP contribution in [0.4, 0.5) is 4.39 Å². The summed E-state index contributed by atoms with van der Waals surface area (Å²) in [5.74, 6) is -0.145. The van der Waals surface area contributed by atoms with E-state index in [-0.39, 0.29) is 12.2 Å². The van der Waals surface area contributed by atoms with Crippen LogP contribution >= 0.6 is 0 Å². The van der Waals surface area contributed by atoms with E-state index in [1.54, 1.807) is 6.07 Å². The third-order valence-electron chi connectivity index (χ3n) is 2.34. The third kappa shape index (κ3) is 3.47. The van der Waals surface area contributed by atoms with Crippen LogP contribution < -0.4 is 4.74 Å². The van der Waals surface area contributed by atoms with Crippen molar-refractivity contribution in [2.75, 3.05) is 6.61 Å². The molecule has 0 aliphatic rings. The molecule has 1 aromatic rings. The molecule has 2 N–H and O–H groups in total. The summed E-state index contributed by atoms with van der Waals surface area (Å²) in [6.07, 6.45) is -0.788. The van der Waals surface area contributed by atoms with Crippen molar-refractivity contribution in [2.45, 2.75) is 32.5 Å². The van der Waals surface area contributed by atoms with Crippen LogP contribution in [0.25, 0.3) is 0 Å². The van der Waals surface area contributed by atoms with E-state index in [0.29, 0.717) is 12.2 Å². The van der Waals surface area contributed by atoms with Crippen LogP contribution in [0.5, 0.6) is 5.75 Å². The fourth-order valence-electron chi connectivity index (χ4n) is 1.25. The third-order valence-corrected chi connectivity index (χ3v) is 2.34. The van der Waals surface area contributed by atoms with Gasteiger partial charge in [-0.1, -0.05) is 6.92 Å². The van der Waals surface area contributed by atoms with Crippen molar-refractivity contribution in [3.63, 3.8) is 0 Å². The lowest BCUT2D eigenvalue weighted by molar-refractivity contribution is 0.104. The first-order chi connectivity index (χ1) is 7.54. The molecule has 90 valence electrons. The number of hydrogen-bond acceptors (Lipinski definition) is 3. The quantitative estimate of drug-likeness (QED) is 0.810. The van der Waals surface area contributed by atoms with Crippen LogP contribution in [0.15, 0.2) is 18.2 Å². The van der Waals surface area contributed by atoms with Gasteiger partial charge in [0.2, 0.25) is 0 Å². The first-order valence-electron chi connectivity index (χ1n) is 5.33. The minimum absolute atomic E-state index is 0.143. The number of aliphatic hydroxyl groups excluding tert-OH is 2. The average Bonchev–Trinajstić information content (AvgIpc) is 2.25. The molecule has 0 saturated heterocycles. The van der Waals surface area contributed by atoms with Gasteiger partial charge < -0.3 is 14.9 Å². The van der Waals surface area contributed by atoms with Crippen molar-refractivity contribution >= 4 is 0 Å². The van der Waals surface area contributed by atoms with Gasteiger partial charge in [0.1, 0.15) is 18.2 Å². The molecule has 0 bridgehead atoms. The summed E-state index contributed by atoms with van der Waals surface area (Å²) in [5.41, 5.74) is 0.239. The molecule has 4 heteroatoms. The van der Waals surface area contributed by atoms with Crippen LogP contribution in [0, 0.1) is 5.82 Å². The van der Waals surface area contributed by atoms with Crippen molar-refractivity contribution in [1.82, 2.24) is 0 Å². The van der Waals surface area contributed by atoms with Crippen LogP contribution in [0.2, 0.25) is 0 Å². The first kappa shape index (κ1) is 12.9. The van der Waals surface area contributed by atoms with Gasteiger partial charge >= 0.3 is 0 Å². The molecule has 1 aromatic carbocycles. The van der Waals surface area contributed by atoms with Gasteiger partial charge in [0.15, 0.2) is 0 Å². The zero-order valence-electron chi connectivity index (χ0n) is 9.48. The Labute approximate surface area is 94.5 Å². The van der Waals surface area contributed by atoms with E-state index in [9.17, 15) is 14.6 Å². The van der Waals surface area contributed by atoms with Crippen molar-refractivity contribution in [1.29, 1.82) is 0 Å². The molecular weight excluding hydrogens is 211 g/mol. The molecule has 0 aromatic heterocycles. The number of hydrogen-bond donors (Lipinski definition) is 2. The Bertz CT molecular complexity index is 339. The van der Waals surface area contributed by atoms with E-state index in [2.05, 4.69) is 0 Å². The van der Waals surface area contributed by atoms with Crippen molar-refractivity contribution in [3.05, 3.63) is 29.6 Å². The van der Waals surface area contributed by atoms with Crippen LogP contribution in [0.1, 0.15) is 31.9 Å². The van der Waals surface area contributed by atoms with Crippen LogP contribution in [0.3, 0.4) is 0 Å². The lowest BCUT2D eigenvalue weighted by Crippen LogP contribution is -2.16. The number of halogens is 1. The van der Waals surface area contributed by atoms with Crippen LogP contribution in [-0.4, -0.2) is 22.9 Å². The Hall–Kier alpha value is -1.13. The molecule has 0 aliphatic carbocycles. The fourth-order valence-corrected chi connectivity index (χ4v) is 1.25. The molecule has 0 fully saturated rings. The molecule has 2 atom stereocenters. The second-order valence-electron chi connectivity index (χ2n) is 3.73. The summed E-state index contributed by atoms with van der Waals surface area (Å²) in [6.45, 7) is 3.48. The molecule has 0 amide bonds. The molecular formula is C12H17FO3. The molecule has 0 radical (unpaired) electrons. The topological polar surface area (TPSA) is 49.7 Å². The highest BCUT2D eigenvalue weighted by atomic mass is 19.1. The van der Waals surface area contributed by atoms with Crippen molar-refractivity contribution < 1.29 is 19.3 Å². The summed E-state index contributed by atoms with van der Waals surface area (Å²) in [6, 6.07) is 4.27. The standard InChI is InChI=1S/C12H17FO3/c1-3-9(15)7-16-10-4-5-11(8(2)14)12(13)6-10/h4-6,8-9,14-15H,3,7H2,1-2H3. The number of aliphatic hydroxyl groups is 2. The Morgan fingerprint density at radius 1 is 1.38 bits per heavy atom. The minimum atomic E-state index is -0.838. The Kier molecular flexibility index (Phi) is 4.71. The van der Waals surface area contributed by atoms with E-state index in [1.165, 1.54) is 19.1 Å². The highest BCUT2D eigenvalue weighted by Gasteiger charge is 2.09. The van der Waals surface area contributed by atoms with Gasteiger partial charge in [-0.15, -0.1) is 0 Å². The van der Waals surface area contributed by atoms with Gasteiger partial charge in [-0.05, 0) is 25.5 Å². The molecule has 0 spiro atoms. The van der Waals surface area contributed by atoms with Crippen molar-refractivity contribution in [2.24, 2.45) is 0 Å².